The molecule has 0 heterocycles. The molecule has 1 saturated carbocycles. The van der Waals surface area contributed by atoms with Gasteiger partial charge in [-0.25, -0.2) is 0 Å². The van der Waals surface area contributed by atoms with Crippen molar-refractivity contribution in [2.24, 2.45) is 0 Å². The zero-order valence-electron chi connectivity index (χ0n) is 12.9. The van der Waals surface area contributed by atoms with Crippen LogP contribution in [0.2, 0.25) is 0 Å². The van der Waals surface area contributed by atoms with Gasteiger partial charge in [0.15, 0.2) is 0 Å². The van der Waals surface area contributed by atoms with Crippen LogP contribution < -0.4 is 5.32 Å². The van der Waals surface area contributed by atoms with E-state index in [1.165, 1.54) is 12.8 Å². The molecule has 0 amide bonds. The van der Waals surface area contributed by atoms with E-state index in [9.17, 15) is 5.26 Å². The van der Waals surface area contributed by atoms with E-state index in [0.717, 1.165) is 12.8 Å². The van der Waals surface area contributed by atoms with Crippen molar-refractivity contribution in [3.8, 4) is 6.07 Å². The van der Waals surface area contributed by atoms with E-state index in [0.29, 0.717) is 12.1 Å². The summed E-state index contributed by atoms with van der Waals surface area (Å²) in [6, 6.07) is 3.44. The highest BCUT2D eigenvalue weighted by Crippen LogP contribution is 2.27. The molecule has 2 atom stereocenters. The van der Waals surface area contributed by atoms with E-state index in [2.05, 4.69) is 51.0 Å². The van der Waals surface area contributed by atoms with E-state index in [-0.39, 0.29) is 5.54 Å². The van der Waals surface area contributed by atoms with Gasteiger partial charge in [0.2, 0.25) is 0 Å². The fourth-order valence-corrected chi connectivity index (χ4v) is 2.39. The van der Waals surface area contributed by atoms with Gasteiger partial charge in [-0.1, -0.05) is 6.92 Å². The summed E-state index contributed by atoms with van der Waals surface area (Å²) in [7, 11) is 2.17. The smallest absolute Gasteiger partial charge is 0.105 e. The Hall–Kier alpha value is -0.590. The molecule has 1 rings (SSSR count). The maximum atomic E-state index is 9.42. The molecule has 2 unspecified atom stereocenters. The van der Waals surface area contributed by atoms with E-state index >= 15 is 0 Å². The second kappa shape index (κ2) is 5.59. The Bertz CT molecular complexity index is 314. The number of hydrogen-bond donors (Lipinski definition) is 1. The Morgan fingerprint density at radius 3 is 2.33 bits per heavy atom. The summed E-state index contributed by atoms with van der Waals surface area (Å²) in [5.74, 6) is 0. The number of nitrogens with zero attached hydrogens (tertiary/aromatic N) is 2. The molecule has 1 aliphatic carbocycles. The van der Waals surface area contributed by atoms with Gasteiger partial charge in [0, 0.05) is 17.6 Å². The first-order valence-corrected chi connectivity index (χ1v) is 7.16. The summed E-state index contributed by atoms with van der Waals surface area (Å²) >= 11 is 0. The molecule has 0 aliphatic heterocycles. The molecular formula is C15H29N3. The van der Waals surface area contributed by atoms with Gasteiger partial charge in [0.25, 0.3) is 0 Å². The summed E-state index contributed by atoms with van der Waals surface area (Å²) in [6.45, 7) is 11.0. The SMILES string of the molecule is CCC(C)(C)N(C)C(C)CC(C)(C#N)NC1CC1. The minimum atomic E-state index is -0.390. The third-order valence-electron chi connectivity index (χ3n) is 4.53. The molecule has 0 bridgehead atoms. The highest BCUT2D eigenvalue weighted by atomic mass is 15.2. The van der Waals surface area contributed by atoms with Crippen LogP contribution in [-0.4, -0.2) is 35.1 Å². The predicted octanol–water partition coefficient (Wildman–Crippen LogP) is 2.92. The summed E-state index contributed by atoms with van der Waals surface area (Å²) in [6.07, 6.45) is 4.44. The van der Waals surface area contributed by atoms with Gasteiger partial charge in [0.05, 0.1) is 6.07 Å². The van der Waals surface area contributed by atoms with Gasteiger partial charge >= 0.3 is 0 Å². The van der Waals surface area contributed by atoms with Crippen molar-refractivity contribution in [2.45, 2.75) is 83.5 Å². The van der Waals surface area contributed by atoms with Gasteiger partial charge in [-0.3, -0.25) is 10.2 Å². The number of nitrogens with one attached hydrogen (secondary N) is 1. The molecule has 18 heavy (non-hydrogen) atoms. The second-order valence-corrected chi connectivity index (χ2v) is 6.69. The summed E-state index contributed by atoms with van der Waals surface area (Å²) in [5, 5.41) is 12.9. The fourth-order valence-electron chi connectivity index (χ4n) is 2.39. The normalized spacial score (nSPS) is 21.4. The van der Waals surface area contributed by atoms with Crippen LogP contribution in [0.4, 0.5) is 0 Å². The average molecular weight is 251 g/mol. The average Bonchev–Trinajstić information content (AvgIpc) is 3.11. The zero-order valence-corrected chi connectivity index (χ0v) is 12.9. The molecule has 0 aromatic heterocycles. The van der Waals surface area contributed by atoms with Gasteiger partial charge < -0.3 is 0 Å². The molecule has 0 radical (unpaired) electrons. The minimum absolute atomic E-state index is 0.190. The number of rotatable bonds is 7. The molecule has 3 heteroatoms. The van der Waals surface area contributed by atoms with Crippen LogP contribution in [0.25, 0.3) is 0 Å². The largest absolute Gasteiger partial charge is 0.298 e. The first kappa shape index (κ1) is 15.5. The monoisotopic (exact) mass is 251 g/mol. The molecule has 0 spiro atoms. The lowest BCUT2D eigenvalue weighted by Crippen LogP contribution is -2.52. The van der Waals surface area contributed by atoms with Crippen molar-refractivity contribution < 1.29 is 0 Å². The fraction of sp³-hybridized carbons (Fsp3) is 0.933. The van der Waals surface area contributed by atoms with Gasteiger partial charge in [-0.2, -0.15) is 5.26 Å². The van der Waals surface area contributed by atoms with Gasteiger partial charge in [0.1, 0.15) is 5.54 Å². The third-order valence-corrected chi connectivity index (χ3v) is 4.53. The van der Waals surface area contributed by atoms with Crippen molar-refractivity contribution in [1.82, 2.24) is 10.2 Å². The minimum Gasteiger partial charge on any atom is -0.298 e. The van der Waals surface area contributed by atoms with Crippen LogP contribution in [0.3, 0.4) is 0 Å². The topological polar surface area (TPSA) is 39.1 Å². The van der Waals surface area contributed by atoms with Crippen LogP contribution in [0.5, 0.6) is 0 Å². The molecule has 1 aliphatic rings. The van der Waals surface area contributed by atoms with Crippen molar-refractivity contribution in [2.75, 3.05) is 7.05 Å². The van der Waals surface area contributed by atoms with Crippen molar-refractivity contribution in [1.29, 1.82) is 5.26 Å². The lowest BCUT2D eigenvalue weighted by atomic mass is 9.90. The zero-order chi connectivity index (χ0) is 14.0. The molecule has 104 valence electrons. The van der Waals surface area contributed by atoms with E-state index in [1.54, 1.807) is 0 Å². The molecule has 1 fully saturated rings. The lowest BCUT2D eigenvalue weighted by Gasteiger charge is -2.41. The Morgan fingerprint density at radius 2 is 1.94 bits per heavy atom. The van der Waals surface area contributed by atoms with E-state index < -0.39 is 5.54 Å². The lowest BCUT2D eigenvalue weighted by molar-refractivity contribution is 0.0897. The standard InChI is InChI=1S/C15H29N3/c1-7-14(3,4)18(6)12(2)10-15(5,11-16)17-13-8-9-13/h12-13,17H,7-10H2,1-6H3. The Kier molecular flexibility index (Phi) is 4.80. The molecular weight excluding hydrogens is 222 g/mol. The van der Waals surface area contributed by atoms with Crippen LogP contribution in [0.15, 0.2) is 0 Å². The second-order valence-electron chi connectivity index (χ2n) is 6.69. The van der Waals surface area contributed by atoms with Crippen molar-refractivity contribution in [3.05, 3.63) is 0 Å². The molecule has 3 nitrogen and oxygen atoms in total. The van der Waals surface area contributed by atoms with E-state index in [4.69, 9.17) is 0 Å². The van der Waals surface area contributed by atoms with Crippen LogP contribution in [-0.2, 0) is 0 Å². The highest BCUT2D eigenvalue weighted by molar-refractivity contribution is 5.08. The first-order chi connectivity index (χ1) is 8.24. The molecule has 0 aromatic rings. The maximum Gasteiger partial charge on any atom is 0.105 e. The first-order valence-electron chi connectivity index (χ1n) is 7.16. The van der Waals surface area contributed by atoms with Crippen LogP contribution in [0.1, 0.15) is 60.3 Å². The molecule has 1 N–H and O–H groups in total. The summed E-state index contributed by atoms with van der Waals surface area (Å²) < 4.78 is 0. The number of nitriles is 1. The summed E-state index contributed by atoms with van der Waals surface area (Å²) in [5.41, 5.74) is -0.200. The Labute approximate surface area is 113 Å². The molecule has 0 aromatic carbocycles. The third kappa shape index (κ3) is 3.96. The highest BCUT2D eigenvalue weighted by Gasteiger charge is 2.36. The maximum absolute atomic E-state index is 9.42. The predicted molar refractivity (Wildman–Crippen MR) is 76.4 cm³/mol. The summed E-state index contributed by atoms with van der Waals surface area (Å²) in [4.78, 5) is 2.40. The van der Waals surface area contributed by atoms with Crippen molar-refractivity contribution >= 4 is 0 Å². The van der Waals surface area contributed by atoms with Crippen molar-refractivity contribution in [3.63, 3.8) is 0 Å². The van der Waals surface area contributed by atoms with E-state index in [1.807, 2.05) is 6.92 Å². The van der Waals surface area contributed by atoms with Crippen LogP contribution >= 0.6 is 0 Å². The van der Waals surface area contributed by atoms with Gasteiger partial charge in [-0.15, -0.1) is 0 Å². The number of hydrogen-bond acceptors (Lipinski definition) is 3. The quantitative estimate of drug-likeness (QED) is 0.756. The molecule has 0 saturated heterocycles. The Morgan fingerprint density at radius 1 is 1.39 bits per heavy atom. The Balaban J connectivity index is 2.61. The van der Waals surface area contributed by atoms with Gasteiger partial charge in [-0.05, 0) is 60.4 Å². The van der Waals surface area contributed by atoms with Crippen LogP contribution in [0, 0.1) is 11.3 Å².